The summed E-state index contributed by atoms with van der Waals surface area (Å²) in [4.78, 5) is 16.2. The molecule has 0 spiro atoms. The van der Waals surface area contributed by atoms with Gasteiger partial charge in [0.05, 0.1) is 9.92 Å². The van der Waals surface area contributed by atoms with E-state index in [4.69, 9.17) is 16.3 Å². The normalized spacial score (nSPS) is 14.0. The predicted molar refractivity (Wildman–Crippen MR) is 129 cm³/mol. The molecule has 1 amide bonds. The molecule has 184 valence electrons. The van der Waals surface area contributed by atoms with E-state index in [-0.39, 0.29) is 39.7 Å². The highest BCUT2D eigenvalue weighted by Crippen LogP contribution is 2.28. The molecule has 0 radical (unpaired) electrons. The number of carbonyl (C=O) groups is 1. The summed E-state index contributed by atoms with van der Waals surface area (Å²) in [6.45, 7) is 1.92. The van der Waals surface area contributed by atoms with Crippen molar-refractivity contribution < 1.29 is 26.7 Å². The van der Waals surface area contributed by atoms with Crippen molar-refractivity contribution in [1.29, 1.82) is 0 Å². The SMILES string of the molecule is O=C(COc1ccc(S(=O)(=O)Nc2ccc(F)cc2)cc1Cl)N1CCN(c2ccc(F)cc2)CC1. The lowest BCUT2D eigenvalue weighted by Gasteiger charge is -2.36. The molecule has 7 nitrogen and oxygen atoms in total. The number of nitrogens with one attached hydrogen (secondary N) is 1. The Hall–Kier alpha value is -3.37. The maximum absolute atomic E-state index is 13.1. The van der Waals surface area contributed by atoms with Crippen LogP contribution >= 0.6 is 11.6 Å². The third-order valence-corrected chi connectivity index (χ3v) is 7.16. The van der Waals surface area contributed by atoms with Crippen LogP contribution in [0.25, 0.3) is 0 Å². The molecule has 3 aromatic rings. The van der Waals surface area contributed by atoms with Gasteiger partial charge in [-0.05, 0) is 66.7 Å². The highest BCUT2D eigenvalue weighted by molar-refractivity contribution is 7.92. The quantitative estimate of drug-likeness (QED) is 0.505. The summed E-state index contributed by atoms with van der Waals surface area (Å²) in [6.07, 6.45) is 0. The number of rotatable bonds is 7. The van der Waals surface area contributed by atoms with Crippen LogP contribution in [-0.2, 0) is 14.8 Å². The summed E-state index contributed by atoms with van der Waals surface area (Å²) in [5.74, 6) is -0.838. The number of anilines is 2. The van der Waals surface area contributed by atoms with E-state index >= 15 is 0 Å². The largest absolute Gasteiger partial charge is 0.482 e. The second-order valence-corrected chi connectivity index (χ2v) is 9.93. The summed E-state index contributed by atoms with van der Waals surface area (Å²) < 4.78 is 59.2. The molecule has 0 unspecified atom stereocenters. The van der Waals surface area contributed by atoms with Gasteiger partial charge in [-0.2, -0.15) is 0 Å². The molecule has 3 aromatic carbocycles. The van der Waals surface area contributed by atoms with Crippen LogP contribution in [0.1, 0.15) is 0 Å². The average Bonchev–Trinajstić information content (AvgIpc) is 2.85. The van der Waals surface area contributed by atoms with Gasteiger partial charge in [-0.3, -0.25) is 9.52 Å². The highest BCUT2D eigenvalue weighted by atomic mass is 35.5. The molecule has 0 aliphatic carbocycles. The number of sulfonamides is 1. The number of nitrogens with zero attached hydrogens (tertiary/aromatic N) is 2. The summed E-state index contributed by atoms with van der Waals surface area (Å²) >= 11 is 6.20. The summed E-state index contributed by atoms with van der Waals surface area (Å²) in [7, 11) is -3.96. The minimum absolute atomic E-state index is 0.0286. The Morgan fingerprint density at radius 3 is 2.11 bits per heavy atom. The monoisotopic (exact) mass is 521 g/mol. The molecule has 0 bridgehead atoms. The average molecular weight is 522 g/mol. The van der Waals surface area contributed by atoms with Crippen molar-refractivity contribution in [2.75, 3.05) is 42.4 Å². The van der Waals surface area contributed by atoms with Crippen LogP contribution in [0, 0.1) is 11.6 Å². The summed E-state index contributed by atoms with van der Waals surface area (Å²) in [6, 6.07) is 15.0. The van der Waals surface area contributed by atoms with Gasteiger partial charge in [0.25, 0.3) is 15.9 Å². The van der Waals surface area contributed by atoms with Crippen molar-refractivity contribution in [1.82, 2.24) is 4.90 Å². The number of hydrogen-bond acceptors (Lipinski definition) is 5. The fraction of sp³-hybridized carbons (Fsp3) is 0.208. The smallest absolute Gasteiger partial charge is 0.261 e. The molecule has 1 N–H and O–H groups in total. The third-order valence-electron chi connectivity index (χ3n) is 5.49. The van der Waals surface area contributed by atoms with Crippen molar-refractivity contribution >= 4 is 38.9 Å². The molecule has 1 aliphatic heterocycles. The Balaban J connectivity index is 1.31. The van der Waals surface area contributed by atoms with Gasteiger partial charge >= 0.3 is 0 Å². The number of benzene rings is 3. The van der Waals surface area contributed by atoms with E-state index in [0.717, 1.165) is 17.8 Å². The van der Waals surface area contributed by atoms with Gasteiger partial charge in [-0.1, -0.05) is 11.6 Å². The van der Waals surface area contributed by atoms with E-state index in [0.29, 0.717) is 26.2 Å². The molecule has 1 aliphatic rings. The maximum Gasteiger partial charge on any atom is 0.261 e. The number of carbonyl (C=O) groups excluding carboxylic acids is 1. The summed E-state index contributed by atoms with van der Waals surface area (Å²) in [5.41, 5.74) is 1.10. The fourth-order valence-electron chi connectivity index (χ4n) is 3.59. The minimum Gasteiger partial charge on any atom is -0.482 e. The Morgan fingerprint density at radius 1 is 0.914 bits per heavy atom. The molecule has 1 heterocycles. The maximum atomic E-state index is 13.1. The van der Waals surface area contributed by atoms with E-state index in [1.165, 1.54) is 42.5 Å². The van der Waals surface area contributed by atoms with Gasteiger partial charge in [0.15, 0.2) is 6.61 Å². The van der Waals surface area contributed by atoms with Crippen LogP contribution in [0.15, 0.2) is 71.6 Å². The number of amides is 1. The van der Waals surface area contributed by atoms with Gasteiger partial charge < -0.3 is 14.5 Å². The number of hydrogen-bond donors (Lipinski definition) is 1. The molecular weight excluding hydrogens is 500 g/mol. The number of halogens is 3. The molecule has 0 saturated carbocycles. The molecule has 1 saturated heterocycles. The van der Waals surface area contributed by atoms with E-state index in [2.05, 4.69) is 9.62 Å². The summed E-state index contributed by atoms with van der Waals surface area (Å²) in [5, 5.41) is 0.0286. The van der Waals surface area contributed by atoms with Crippen molar-refractivity contribution in [3.05, 3.63) is 83.4 Å². The predicted octanol–water partition coefficient (Wildman–Crippen LogP) is 4.15. The Morgan fingerprint density at radius 2 is 1.51 bits per heavy atom. The van der Waals surface area contributed by atoms with Crippen LogP contribution in [0.5, 0.6) is 5.75 Å². The van der Waals surface area contributed by atoms with Gasteiger partial charge in [0.2, 0.25) is 0 Å². The number of ether oxygens (including phenoxy) is 1. The van der Waals surface area contributed by atoms with Crippen molar-refractivity contribution in [3.63, 3.8) is 0 Å². The second kappa shape index (κ2) is 10.5. The topological polar surface area (TPSA) is 78.9 Å². The minimum atomic E-state index is -3.96. The lowest BCUT2D eigenvalue weighted by Crippen LogP contribution is -2.50. The van der Waals surface area contributed by atoms with Crippen molar-refractivity contribution in [2.45, 2.75) is 4.90 Å². The first-order valence-corrected chi connectivity index (χ1v) is 12.6. The van der Waals surface area contributed by atoms with Gasteiger partial charge in [-0.15, -0.1) is 0 Å². The standard InChI is InChI=1S/C24H22ClF2N3O4S/c25-22-15-21(35(32,33)28-19-5-1-17(26)2-6-19)9-10-23(22)34-16-24(31)30-13-11-29(12-14-30)20-7-3-18(27)4-8-20/h1-10,15,28H,11-14,16H2. The zero-order chi connectivity index (χ0) is 25.0. The van der Waals surface area contributed by atoms with Gasteiger partial charge in [0.1, 0.15) is 17.4 Å². The Kier molecular flexibility index (Phi) is 7.42. The van der Waals surface area contributed by atoms with E-state index in [1.807, 2.05) is 0 Å². The first kappa shape index (κ1) is 24.7. The Labute approximate surface area is 206 Å². The van der Waals surface area contributed by atoms with Crippen LogP contribution in [0.2, 0.25) is 5.02 Å². The first-order chi connectivity index (χ1) is 16.7. The van der Waals surface area contributed by atoms with E-state index in [9.17, 15) is 22.0 Å². The molecular formula is C24H22ClF2N3O4S. The van der Waals surface area contributed by atoms with Crippen LogP contribution in [-0.4, -0.2) is 52.0 Å². The van der Waals surface area contributed by atoms with Crippen molar-refractivity contribution in [2.24, 2.45) is 0 Å². The van der Waals surface area contributed by atoms with Gasteiger partial charge in [-0.25, -0.2) is 17.2 Å². The zero-order valence-electron chi connectivity index (χ0n) is 18.5. The highest BCUT2D eigenvalue weighted by Gasteiger charge is 2.22. The lowest BCUT2D eigenvalue weighted by molar-refractivity contribution is -0.133. The van der Waals surface area contributed by atoms with Crippen molar-refractivity contribution in [3.8, 4) is 5.75 Å². The first-order valence-electron chi connectivity index (χ1n) is 10.7. The van der Waals surface area contributed by atoms with E-state index in [1.54, 1.807) is 17.0 Å². The third kappa shape index (κ3) is 6.20. The van der Waals surface area contributed by atoms with Crippen LogP contribution in [0.3, 0.4) is 0 Å². The fourth-order valence-corrected chi connectivity index (χ4v) is 4.98. The molecule has 0 aromatic heterocycles. The van der Waals surface area contributed by atoms with Crippen LogP contribution < -0.4 is 14.4 Å². The zero-order valence-corrected chi connectivity index (χ0v) is 20.0. The number of piperazine rings is 1. The van der Waals surface area contributed by atoms with Gasteiger partial charge in [0, 0.05) is 37.6 Å². The molecule has 11 heteroatoms. The molecule has 4 rings (SSSR count). The second-order valence-electron chi connectivity index (χ2n) is 7.84. The lowest BCUT2D eigenvalue weighted by atomic mass is 10.2. The van der Waals surface area contributed by atoms with Crippen LogP contribution in [0.4, 0.5) is 20.2 Å². The Bertz CT molecular complexity index is 1300. The van der Waals surface area contributed by atoms with E-state index < -0.39 is 15.8 Å². The molecule has 1 fully saturated rings. The molecule has 35 heavy (non-hydrogen) atoms. The molecule has 0 atom stereocenters.